The summed E-state index contributed by atoms with van der Waals surface area (Å²) in [6, 6.07) is 10.1. The third-order valence-corrected chi connectivity index (χ3v) is 3.24. The smallest absolute Gasteiger partial charge is 0.222 e. The third kappa shape index (κ3) is 4.43. The average Bonchev–Trinajstić information content (AvgIpc) is 2.47. The first kappa shape index (κ1) is 15.3. The zero-order valence-electron chi connectivity index (χ0n) is 12.6. The van der Waals surface area contributed by atoms with Crippen molar-refractivity contribution in [1.82, 2.24) is 9.97 Å². The second-order valence-corrected chi connectivity index (χ2v) is 4.81. The molecule has 5 nitrogen and oxygen atoms in total. The fourth-order valence-corrected chi connectivity index (χ4v) is 2.19. The Hall–Kier alpha value is -2.14. The molecule has 5 heteroatoms. The normalized spacial score (nSPS) is 10.6. The lowest BCUT2D eigenvalue weighted by Crippen LogP contribution is -2.14. The molecule has 0 aliphatic carbocycles. The maximum Gasteiger partial charge on any atom is 0.222 e. The summed E-state index contributed by atoms with van der Waals surface area (Å²) in [6.45, 7) is 5.96. The minimum Gasteiger partial charge on any atom is -0.375 e. The Labute approximate surface area is 125 Å². The van der Waals surface area contributed by atoms with Crippen LogP contribution in [0, 0.1) is 6.92 Å². The van der Waals surface area contributed by atoms with Gasteiger partial charge in [0.05, 0.1) is 13.2 Å². The van der Waals surface area contributed by atoms with Gasteiger partial charge in [-0.05, 0) is 18.9 Å². The summed E-state index contributed by atoms with van der Waals surface area (Å²) in [6.07, 6.45) is 0.874. The van der Waals surface area contributed by atoms with E-state index in [1.165, 1.54) is 5.56 Å². The molecule has 1 heterocycles. The van der Waals surface area contributed by atoms with E-state index in [1.807, 2.05) is 25.1 Å². The maximum absolute atomic E-state index is 5.70. The summed E-state index contributed by atoms with van der Waals surface area (Å²) in [5.41, 5.74) is 8.90. The Morgan fingerprint density at radius 3 is 2.67 bits per heavy atom. The Morgan fingerprint density at radius 1 is 1.19 bits per heavy atom. The molecule has 0 radical (unpaired) electrons. The van der Waals surface area contributed by atoms with Crippen molar-refractivity contribution in [1.29, 1.82) is 0 Å². The molecule has 0 saturated heterocycles. The lowest BCUT2D eigenvalue weighted by molar-refractivity contribution is 0.130. The van der Waals surface area contributed by atoms with Gasteiger partial charge in [0.15, 0.2) is 0 Å². The van der Waals surface area contributed by atoms with Gasteiger partial charge in [0.2, 0.25) is 5.95 Å². The molecular formula is C16H22N4O. The van der Waals surface area contributed by atoms with Crippen LogP contribution in [0.1, 0.15) is 23.7 Å². The number of nitrogens with zero attached hydrogens (tertiary/aromatic N) is 2. The molecular weight excluding hydrogens is 264 g/mol. The number of nitrogens with one attached hydrogen (secondary N) is 1. The highest BCUT2D eigenvalue weighted by Gasteiger charge is 2.08. The molecule has 21 heavy (non-hydrogen) atoms. The lowest BCUT2D eigenvalue weighted by atomic mass is 10.1. The Kier molecular flexibility index (Phi) is 5.51. The van der Waals surface area contributed by atoms with Crippen LogP contribution >= 0.6 is 0 Å². The van der Waals surface area contributed by atoms with E-state index in [2.05, 4.69) is 34.3 Å². The highest BCUT2D eigenvalue weighted by atomic mass is 16.5. The van der Waals surface area contributed by atoms with Crippen molar-refractivity contribution in [2.75, 3.05) is 24.2 Å². The zero-order valence-corrected chi connectivity index (χ0v) is 12.6. The highest BCUT2D eigenvalue weighted by molar-refractivity contribution is 5.49. The largest absolute Gasteiger partial charge is 0.375 e. The molecule has 0 unspecified atom stereocenters. The van der Waals surface area contributed by atoms with Gasteiger partial charge in [0.25, 0.3) is 0 Å². The quantitative estimate of drug-likeness (QED) is 0.765. The van der Waals surface area contributed by atoms with Crippen LogP contribution in [-0.4, -0.2) is 23.1 Å². The van der Waals surface area contributed by atoms with Gasteiger partial charge in [-0.3, -0.25) is 0 Å². The number of hydrogen-bond donors (Lipinski definition) is 2. The summed E-state index contributed by atoms with van der Waals surface area (Å²) in [5, 5.41) is 3.28. The topological polar surface area (TPSA) is 73.1 Å². The number of benzene rings is 1. The third-order valence-electron chi connectivity index (χ3n) is 3.24. The summed E-state index contributed by atoms with van der Waals surface area (Å²) < 4.78 is 5.64. The van der Waals surface area contributed by atoms with E-state index in [9.17, 15) is 0 Å². The van der Waals surface area contributed by atoms with E-state index in [-0.39, 0.29) is 0 Å². The van der Waals surface area contributed by atoms with Gasteiger partial charge in [-0.2, -0.15) is 4.98 Å². The molecule has 0 aliphatic rings. The molecule has 0 fully saturated rings. The fraction of sp³-hybridized carbons (Fsp3) is 0.375. The van der Waals surface area contributed by atoms with Crippen LogP contribution in [-0.2, 0) is 17.8 Å². The van der Waals surface area contributed by atoms with Gasteiger partial charge < -0.3 is 15.8 Å². The van der Waals surface area contributed by atoms with E-state index in [0.717, 1.165) is 23.5 Å². The molecule has 112 valence electrons. The van der Waals surface area contributed by atoms with E-state index in [1.54, 1.807) is 0 Å². The van der Waals surface area contributed by atoms with E-state index in [4.69, 9.17) is 10.5 Å². The Bertz CT molecular complexity index is 572. The van der Waals surface area contributed by atoms with Gasteiger partial charge in [-0.15, -0.1) is 0 Å². The van der Waals surface area contributed by atoms with Crippen LogP contribution in [0.2, 0.25) is 0 Å². The van der Waals surface area contributed by atoms with Crippen LogP contribution in [0.4, 0.5) is 11.8 Å². The average molecular weight is 286 g/mol. The molecule has 2 aromatic rings. The molecule has 0 aliphatic heterocycles. The first-order chi connectivity index (χ1) is 10.2. The molecule has 0 atom stereocenters. The predicted molar refractivity (Wildman–Crippen MR) is 85.1 cm³/mol. The SMILES string of the molecule is CCc1c(C)nc(N)nc1NCCOCc1ccccc1. The summed E-state index contributed by atoms with van der Waals surface area (Å²) >= 11 is 0. The van der Waals surface area contributed by atoms with Crippen LogP contribution in [0.25, 0.3) is 0 Å². The minimum absolute atomic E-state index is 0.303. The van der Waals surface area contributed by atoms with Gasteiger partial charge in [-0.25, -0.2) is 4.98 Å². The van der Waals surface area contributed by atoms with E-state index in [0.29, 0.717) is 25.7 Å². The second-order valence-electron chi connectivity index (χ2n) is 4.81. The first-order valence-corrected chi connectivity index (χ1v) is 7.19. The summed E-state index contributed by atoms with van der Waals surface area (Å²) in [5.74, 6) is 1.11. The van der Waals surface area contributed by atoms with Crippen molar-refractivity contribution in [2.24, 2.45) is 0 Å². The van der Waals surface area contributed by atoms with Gasteiger partial charge in [0, 0.05) is 17.8 Å². The van der Waals surface area contributed by atoms with Crippen LogP contribution in [0.3, 0.4) is 0 Å². The monoisotopic (exact) mass is 286 g/mol. The summed E-state index contributed by atoms with van der Waals surface area (Å²) in [4.78, 5) is 8.45. The highest BCUT2D eigenvalue weighted by Crippen LogP contribution is 2.17. The summed E-state index contributed by atoms with van der Waals surface area (Å²) in [7, 11) is 0. The standard InChI is InChI=1S/C16H22N4O/c1-3-14-12(2)19-16(17)20-15(14)18-9-10-21-11-13-7-5-4-6-8-13/h4-8H,3,9-11H2,1-2H3,(H3,17,18,19,20). The van der Waals surface area contributed by atoms with E-state index < -0.39 is 0 Å². The van der Waals surface area contributed by atoms with Crippen molar-refractivity contribution >= 4 is 11.8 Å². The number of aromatic nitrogens is 2. The van der Waals surface area contributed by atoms with E-state index >= 15 is 0 Å². The first-order valence-electron chi connectivity index (χ1n) is 7.19. The van der Waals surface area contributed by atoms with Crippen molar-refractivity contribution in [3.05, 3.63) is 47.2 Å². The number of hydrogen-bond acceptors (Lipinski definition) is 5. The maximum atomic E-state index is 5.70. The minimum atomic E-state index is 0.303. The predicted octanol–water partition coefficient (Wildman–Crippen LogP) is 2.56. The van der Waals surface area contributed by atoms with Crippen molar-refractivity contribution < 1.29 is 4.74 Å². The fourth-order valence-electron chi connectivity index (χ4n) is 2.19. The molecule has 0 bridgehead atoms. The number of nitrogens with two attached hydrogens (primary N) is 1. The molecule has 2 rings (SSSR count). The molecule has 0 saturated carbocycles. The van der Waals surface area contributed by atoms with Crippen molar-refractivity contribution in [2.45, 2.75) is 26.9 Å². The van der Waals surface area contributed by atoms with Gasteiger partial charge in [-0.1, -0.05) is 37.3 Å². The zero-order chi connectivity index (χ0) is 15.1. The van der Waals surface area contributed by atoms with Crippen LogP contribution in [0.15, 0.2) is 30.3 Å². The van der Waals surface area contributed by atoms with Gasteiger partial charge >= 0.3 is 0 Å². The molecule has 0 amide bonds. The van der Waals surface area contributed by atoms with Crippen LogP contribution in [0.5, 0.6) is 0 Å². The molecule has 3 N–H and O–H groups in total. The number of aryl methyl sites for hydroxylation is 1. The van der Waals surface area contributed by atoms with Crippen LogP contribution < -0.4 is 11.1 Å². The number of rotatable bonds is 7. The Balaban J connectivity index is 1.81. The molecule has 0 spiro atoms. The number of ether oxygens (including phenoxy) is 1. The second kappa shape index (κ2) is 7.59. The molecule has 1 aromatic carbocycles. The Morgan fingerprint density at radius 2 is 1.95 bits per heavy atom. The van der Waals surface area contributed by atoms with Crippen molar-refractivity contribution in [3.63, 3.8) is 0 Å². The molecule has 1 aromatic heterocycles. The number of anilines is 2. The number of nitrogen functional groups attached to an aromatic ring is 1. The lowest BCUT2D eigenvalue weighted by Gasteiger charge is -2.12. The van der Waals surface area contributed by atoms with Gasteiger partial charge in [0.1, 0.15) is 5.82 Å². The van der Waals surface area contributed by atoms with Crippen molar-refractivity contribution in [3.8, 4) is 0 Å².